The van der Waals surface area contributed by atoms with Gasteiger partial charge < -0.3 is 72.1 Å². The van der Waals surface area contributed by atoms with E-state index in [0.717, 1.165) is 11.8 Å². The van der Waals surface area contributed by atoms with Crippen molar-refractivity contribution in [2.24, 2.45) is 17.8 Å². The van der Waals surface area contributed by atoms with E-state index in [-0.39, 0.29) is 68.1 Å². The van der Waals surface area contributed by atoms with Crippen molar-refractivity contribution in [3.8, 4) is 0 Å². The first-order valence-electron chi connectivity index (χ1n) is 27.8. The Morgan fingerprint density at radius 3 is 2.32 bits per heavy atom. The number of carbonyl (C=O) groups is 4. The van der Waals surface area contributed by atoms with Crippen LogP contribution in [0.15, 0.2) is 29.2 Å². The Kier molecular flexibility index (Phi) is 21.8. The highest BCUT2D eigenvalue weighted by Crippen LogP contribution is 2.42. The van der Waals surface area contributed by atoms with E-state index in [2.05, 4.69) is 0 Å². The summed E-state index contributed by atoms with van der Waals surface area (Å²) in [4.78, 5) is 75.5. The zero-order chi connectivity index (χ0) is 58.3. The van der Waals surface area contributed by atoms with E-state index in [1.165, 1.54) is 11.8 Å². The van der Waals surface area contributed by atoms with Gasteiger partial charge in [0.05, 0.1) is 84.5 Å². The van der Waals surface area contributed by atoms with Crippen LogP contribution in [-0.4, -0.2) is 208 Å². The standard InChI is InChI=1S/C57H89N3O19/c1-16-44-57(10)50(78-54(66)79-57)36(6)59(13)28-32(2)26-55(8,67)49(73-31-45(61)75-43-30-72-33(3)24-42(43)58(11)12)34(4)48(35(5)53(65)76-44)77-46-27-56(9,68-14)51(37(7)74-46)71-23-22-70-21-17-18-38-19-20-41-39(25-38)47(62)40(52(63)64)29-60(41)69-15/h19-20,25,29,32-37,42-44,46,48-51,67H,16-18,21-24,26-28,30-31H2,1-15H3,(H,63,64)/t32-,33-,34+,35-,36-,37+,42+,43+,44-,46+,48+,49-,50-,51+,55-,56-,57-/m1/s1. The number of hydrogen-bond acceptors (Lipinski definition) is 20. The number of methoxy groups -OCH3 is 1. The van der Waals surface area contributed by atoms with Crippen molar-refractivity contribution >= 4 is 35.0 Å². The van der Waals surface area contributed by atoms with Crippen LogP contribution in [0.25, 0.3) is 10.9 Å². The summed E-state index contributed by atoms with van der Waals surface area (Å²) in [5.41, 5.74) is -3.66. The Morgan fingerprint density at radius 1 is 0.937 bits per heavy atom. The van der Waals surface area contributed by atoms with Gasteiger partial charge in [-0.3, -0.25) is 14.5 Å². The largest absolute Gasteiger partial charge is 0.509 e. The number of aryl methyl sites for hydroxylation is 1. The Hall–Kier alpha value is -4.49. The minimum absolute atomic E-state index is 0.0127. The highest BCUT2D eigenvalue weighted by Gasteiger charge is 2.58. The van der Waals surface area contributed by atoms with Crippen LogP contribution in [0.4, 0.5) is 4.79 Å². The number of nitrogens with zero attached hydrogens (tertiary/aromatic N) is 3. The maximum atomic E-state index is 14.8. The molecule has 6 rings (SSSR count). The van der Waals surface area contributed by atoms with Crippen LogP contribution in [0.5, 0.6) is 0 Å². The van der Waals surface area contributed by atoms with Crippen molar-refractivity contribution in [3.05, 3.63) is 45.7 Å². The summed E-state index contributed by atoms with van der Waals surface area (Å²) < 4.78 is 69.9. The van der Waals surface area contributed by atoms with Crippen molar-refractivity contribution in [2.75, 3.05) is 74.9 Å². The van der Waals surface area contributed by atoms with Crippen LogP contribution in [0.2, 0.25) is 0 Å². The number of aliphatic hydroxyl groups is 1. The number of carboxylic acid groups (broad SMARTS) is 1. The molecule has 22 heteroatoms. The van der Waals surface area contributed by atoms with Gasteiger partial charge in [-0.1, -0.05) is 26.8 Å². The first kappa shape index (κ1) is 63.7. The molecule has 1 aromatic heterocycles. The van der Waals surface area contributed by atoms with Gasteiger partial charge >= 0.3 is 24.1 Å². The maximum Gasteiger partial charge on any atom is 0.509 e. The minimum atomic E-state index is -1.63. The summed E-state index contributed by atoms with van der Waals surface area (Å²) in [6.07, 6.45) is -3.95. The third-order valence-corrected chi connectivity index (χ3v) is 16.7. The number of ether oxygens (including phenoxy) is 11. The molecule has 4 aliphatic rings. The second-order valence-electron chi connectivity index (χ2n) is 23.2. The van der Waals surface area contributed by atoms with Crippen molar-refractivity contribution in [3.63, 3.8) is 0 Å². The molecule has 4 fully saturated rings. The number of aromatic nitrogens is 1. The number of esters is 2. The fourth-order valence-electron chi connectivity index (χ4n) is 12.4. The molecular weight excluding hydrogens is 1030 g/mol. The lowest BCUT2D eigenvalue weighted by molar-refractivity contribution is -0.307. The number of rotatable bonds is 19. The summed E-state index contributed by atoms with van der Waals surface area (Å²) in [6.45, 7) is 19.3. The van der Waals surface area contributed by atoms with Gasteiger partial charge in [-0.25, -0.2) is 14.4 Å². The van der Waals surface area contributed by atoms with E-state index in [1.807, 2.05) is 78.6 Å². The molecule has 0 amide bonds. The first-order chi connectivity index (χ1) is 37.2. The molecule has 446 valence electrons. The Balaban J connectivity index is 1.19. The number of carboxylic acids is 1. The second-order valence-corrected chi connectivity index (χ2v) is 23.2. The Bertz CT molecular complexity index is 2450. The van der Waals surface area contributed by atoms with E-state index < -0.39 is 120 Å². The van der Waals surface area contributed by atoms with Gasteiger partial charge in [0.25, 0.3) is 0 Å². The summed E-state index contributed by atoms with van der Waals surface area (Å²) >= 11 is 0. The number of aromatic carboxylic acids is 1. The summed E-state index contributed by atoms with van der Waals surface area (Å²) in [6, 6.07) is 4.77. The van der Waals surface area contributed by atoms with Crippen LogP contribution >= 0.6 is 0 Å². The molecule has 2 aromatic rings. The quantitative estimate of drug-likeness (QED) is 0.106. The van der Waals surface area contributed by atoms with E-state index in [1.54, 1.807) is 46.9 Å². The van der Waals surface area contributed by atoms with Crippen LogP contribution in [0, 0.1) is 17.8 Å². The lowest BCUT2D eigenvalue weighted by Crippen LogP contribution is -2.59. The van der Waals surface area contributed by atoms with Gasteiger partial charge in [0.2, 0.25) is 5.43 Å². The number of likely N-dealkylation sites (N-methyl/N-ethyl adjacent to an activating group) is 2. The lowest BCUT2D eigenvalue weighted by atomic mass is 9.77. The molecule has 0 unspecified atom stereocenters. The molecule has 0 aliphatic carbocycles. The van der Waals surface area contributed by atoms with E-state index in [4.69, 9.17) is 56.9 Å². The van der Waals surface area contributed by atoms with Crippen molar-refractivity contribution in [2.45, 2.75) is 192 Å². The number of hydrogen-bond donors (Lipinski definition) is 2. The Morgan fingerprint density at radius 2 is 1.66 bits per heavy atom. The van der Waals surface area contributed by atoms with Crippen LogP contribution < -0.4 is 10.3 Å². The summed E-state index contributed by atoms with van der Waals surface area (Å²) in [7, 11) is 8.73. The monoisotopic (exact) mass is 1120 g/mol. The molecular formula is C57H89N3O19. The number of pyridine rings is 1. The fraction of sp³-hybridized carbons (Fsp3) is 0.772. The highest BCUT2D eigenvalue weighted by molar-refractivity contribution is 5.92. The molecule has 5 heterocycles. The number of benzene rings is 1. The number of carbonyl (C=O) groups excluding carboxylic acids is 3. The van der Waals surface area contributed by atoms with E-state index >= 15 is 0 Å². The van der Waals surface area contributed by atoms with Gasteiger partial charge in [-0.05, 0) is 125 Å². The predicted molar refractivity (Wildman–Crippen MR) is 288 cm³/mol. The first-order valence-corrected chi connectivity index (χ1v) is 27.8. The smallest absolute Gasteiger partial charge is 0.477 e. The summed E-state index contributed by atoms with van der Waals surface area (Å²) in [5.74, 6) is -4.70. The average Bonchev–Trinajstić information content (AvgIpc) is 3.96. The van der Waals surface area contributed by atoms with E-state index in [9.17, 15) is 34.2 Å². The van der Waals surface area contributed by atoms with Crippen molar-refractivity contribution in [1.82, 2.24) is 14.5 Å². The molecule has 4 aliphatic heterocycles. The number of fused-ring (bicyclic) bond motifs is 2. The molecule has 0 spiro atoms. The third kappa shape index (κ3) is 15.0. The van der Waals surface area contributed by atoms with Gasteiger partial charge in [0.15, 0.2) is 18.0 Å². The molecule has 17 atom stereocenters. The highest BCUT2D eigenvalue weighted by atomic mass is 16.8. The van der Waals surface area contributed by atoms with Gasteiger partial charge in [-0.15, -0.1) is 0 Å². The zero-order valence-corrected chi connectivity index (χ0v) is 49.1. The van der Waals surface area contributed by atoms with Crippen LogP contribution in [0.1, 0.15) is 117 Å². The predicted octanol–water partition coefficient (Wildman–Crippen LogP) is 5.05. The Labute approximate surface area is 464 Å². The lowest BCUT2D eigenvalue weighted by Gasteiger charge is -2.48. The van der Waals surface area contributed by atoms with Crippen LogP contribution in [-0.2, 0) is 68.1 Å². The average molecular weight is 1120 g/mol. The normalized spacial score (nSPS) is 36.1. The molecule has 1 aromatic carbocycles. The molecule has 22 nitrogen and oxygen atoms in total. The van der Waals surface area contributed by atoms with E-state index in [0.29, 0.717) is 37.9 Å². The molecule has 0 saturated carbocycles. The maximum absolute atomic E-state index is 14.8. The molecule has 79 heavy (non-hydrogen) atoms. The fourth-order valence-corrected chi connectivity index (χ4v) is 12.4. The van der Waals surface area contributed by atoms with Gasteiger partial charge in [0, 0.05) is 38.6 Å². The minimum Gasteiger partial charge on any atom is -0.477 e. The molecule has 0 bridgehead atoms. The zero-order valence-electron chi connectivity index (χ0n) is 49.1. The van der Waals surface area contributed by atoms with Crippen molar-refractivity contribution in [1.29, 1.82) is 0 Å². The third-order valence-electron chi connectivity index (χ3n) is 16.7. The van der Waals surface area contributed by atoms with Crippen LogP contribution in [0.3, 0.4) is 0 Å². The topological polar surface area (TPSA) is 248 Å². The molecule has 0 radical (unpaired) electrons. The number of cyclic esters (lactones) is 1. The summed E-state index contributed by atoms with van der Waals surface area (Å²) in [5, 5.41) is 22.5. The molecule has 2 N–H and O–H groups in total. The molecule has 4 saturated heterocycles. The van der Waals surface area contributed by atoms with Gasteiger partial charge in [0.1, 0.15) is 37.6 Å². The van der Waals surface area contributed by atoms with Gasteiger partial charge in [-0.2, -0.15) is 4.73 Å². The van der Waals surface area contributed by atoms with Crippen molar-refractivity contribution < 1.29 is 86.3 Å². The SMILES string of the molecule is CC[C@H]1OC(=O)[C@H](C)[C@@H](O[C@H]2C[C@@](C)(OC)[C@@H](OCCOCCCc3ccc4c(c3)c(=O)c(C(=O)O)cn4OC)[C@H](C)O2)[C@H](C)[C@@H](OCC(=O)O[C@H]2CO[C@H](C)C[C@@H]2N(C)C)[C@](C)(O)C[C@@H](C)CN(C)[C@H](C)[C@H]2OC(=O)O[C@@]21C. The second kappa shape index (κ2) is 27.1.